The molecule has 0 spiro atoms. The Hall–Kier alpha value is -2.56. The molecule has 0 aliphatic heterocycles. The first-order valence-corrected chi connectivity index (χ1v) is 5.69. The quantitative estimate of drug-likeness (QED) is 0.913. The first-order chi connectivity index (χ1) is 9.13. The van der Waals surface area contributed by atoms with Crippen LogP contribution >= 0.6 is 0 Å². The molecule has 0 saturated heterocycles. The molecule has 0 aliphatic carbocycles. The molecule has 0 atom stereocenters. The van der Waals surface area contributed by atoms with Crippen molar-refractivity contribution in [1.82, 2.24) is 4.98 Å². The molecular weight excluding hydrogens is 244 g/mol. The Morgan fingerprint density at radius 3 is 2.79 bits per heavy atom. The van der Waals surface area contributed by atoms with Crippen molar-refractivity contribution in [3.8, 4) is 5.75 Å². The number of aromatic carboxylic acids is 1. The molecule has 5 nitrogen and oxygen atoms in total. The van der Waals surface area contributed by atoms with Gasteiger partial charge in [-0.3, -0.25) is 0 Å². The molecule has 2 aromatic rings. The number of carboxylic acids is 1. The molecule has 0 radical (unpaired) electrons. The average molecular weight is 258 g/mol. The van der Waals surface area contributed by atoms with Gasteiger partial charge in [-0.2, -0.15) is 0 Å². The van der Waals surface area contributed by atoms with E-state index in [0.717, 1.165) is 5.69 Å². The molecule has 98 valence electrons. The molecule has 1 aromatic carbocycles. The summed E-state index contributed by atoms with van der Waals surface area (Å²) in [6.07, 6.45) is 1.57. The zero-order chi connectivity index (χ0) is 13.8. The smallest absolute Gasteiger partial charge is 0.339 e. The Morgan fingerprint density at radius 1 is 1.32 bits per heavy atom. The van der Waals surface area contributed by atoms with Gasteiger partial charge in [0.05, 0.1) is 7.11 Å². The lowest BCUT2D eigenvalue weighted by molar-refractivity contribution is 0.0697. The van der Waals surface area contributed by atoms with E-state index in [0.29, 0.717) is 11.6 Å². The first-order valence-electron chi connectivity index (χ1n) is 5.69. The number of hydrogen-bond donors (Lipinski definition) is 1. The van der Waals surface area contributed by atoms with Crippen LogP contribution in [0.5, 0.6) is 5.75 Å². The Morgan fingerprint density at radius 2 is 2.11 bits per heavy atom. The van der Waals surface area contributed by atoms with Gasteiger partial charge in [0.15, 0.2) is 0 Å². The maximum atomic E-state index is 11.2. The third-order valence-corrected chi connectivity index (χ3v) is 2.78. The fraction of sp³-hybridized carbons (Fsp3) is 0.143. The molecule has 1 N–H and O–H groups in total. The SMILES string of the molecule is COc1cccc(N(C)c2ncccc2C(=O)O)c1. The number of carbonyl (C=O) groups is 1. The molecule has 1 heterocycles. The number of nitrogens with zero attached hydrogens (tertiary/aromatic N) is 2. The summed E-state index contributed by atoms with van der Waals surface area (Å²) in [5.74, 6) is 0.0956. The van der Waals surface area contributed by atoms with E-state index in [4.69, 9.17) is 4.74 Å². The predicted octanol–water partition coefficient (Wildman–Crippen LogP) is 2.56. The van der Waals surface area contributed by atoms with E-state index in [1.165, 1.54) is 6.07 Å². The average Bonchev–Trinajstić information content (AvgIpc) is 2.46. The number of anilines is 2. The van der Waals surface area contributed by atoms with Crippen molar-refractivity contribution in [3.63, 3.8) is 0 Å². The van der Waals surface area contributed by atoms with E-state index < -0.39 is 5.97 Å². The minimum Gasteiger partial charge on any atom is -0.497 e. The highest BCUT2D eigenvalue weighted by Gasteiger charge is 2.15. The summed E-state index contributed by atoms with van der Waals surface area (Å²) in [5.41, 5.74) is 0.966. The molecule has 5 heteroatoms. The lowest BCUT2D eigenvalue weighted by atomic mass is 10.2. The van der Waals surface area contributed by atoms with Crippen LogP contribution in [0.15, 0.2) is 42.6 Å². The zero-order valence-corrected chi connectivity index (χ0v) is 10.7. The summed E-state index contributed by atoms with van der Waals surface area (Å²) in [4.78, 5) is 17.0. The van der Waals surface area contributed by atoms with Crippen LogP contribution in [0, 0.1) is 0 Å². The van der Waals surface area contributed by atoms with Gasteiger partial charge in [0.25, 0.3) is 0 Å². The summed E-state index contributed by atoms with van der Waals surface area (Å²) in [7, 11) is 3.35. The van der Waals surface area contributed by atoms with Gasteiger partial charge in [-0.25, -0.2) is 9.78 Å². The van der Waals surface area contributed by atoms with Crippen molar-refractivity contribution >= 4 is 17.5 Å². The molecule has 0 unspecified atom stereocenters. The molecule has 2 rings (SSSR count). The Labute approximate surface area is 111 Å². The Bertz CT molecular complexity index is 599. The number of benzene rings is 1. The van der Waals surface area contributed by atoms with E-state index in [1.54, 1.807) is 31.3 Å². The zero-order valence-electron chi connectivity index (χ0n) is 10.7. The van der Waals surface area contributed by atoms with Gasteiger partial charge >= 0.3 is 5.97 Å². The molecule has 0 aliphatic rings. The van der Waals surface area contributed by atoms with Gasteiger partial charge in [-0.1, -0.05) is 6.07 Å². The fourth-order valence-corrected chi connectivity index (χ4v) is 1.77. The normalized spacial score (nSPS) is 10.0. The number of ether oxygens (including phenoxy) is 1. The predicted molar refractivity (Wildman–Crippen MR) is 72.3 cm³/mol. The highest BCUT2D eigenvalue weighted by Crippen LogP contribution is 2.27. The summed E-state index contributed by atoms with van der Waals surface area (Å²) < 4.78 is 5.16. The standard InChI is InChI=1S/C14H14N2O3/c1-16(10-5-3-6-11(9-10)19-2)13-12(14(17)18)7-4-8-15-13/h3-9H,1-2H3,(H,17,18). The van der Waals surface area contributed by atoms with Crippen molar-refractivity contribution < 1.29 is 14.6 Å². The molecule has 0 amide bonds. The van der Waals surface area contributed by atoms with Crippen LogP contribution in [-0.2, 0) is 0 Å². The molecular formula is C14H14N2O3. The van der Waals surface area contributed by atoms with Crippen LogP contribution in [0.1, 0.15) is 10.4 Å². The van der Waals surface area contributed by atoms with Crippen LogP contribution in [0.4, 0.5) is 11.5 Å². The minimum atomic E-state index is -1.00. The van der Waals surface area contributed by atoms with Crippen LogP contribution < -0.4 is 9.64 Å². The highest BCUT2D eigenvalue weighted by molar-refractivity contribution is 5.94. The minimum absolute atomic E-state index is 0.160. The van der Waals surface area contributed by atoms with Gasteiger partial charge in [-0.15, -0.1) is 0 Å². The molecule has 1 aromatic heterocycles. The van der Waals surface area contributed by atoms with Crippen molar-refractivity contribution in [2.45, 2.75) is 0 Å². The summed E-state index contributed by atoms with van der Waals surface area (Å²) >= 11 is 0. The van der Waals surface area contributed by atoms with Gasteiger partial charge in [0.1, 0.15) is 17.1 Å². The van der Waals surface area contributed by atoms with E-state index in [1.807, 2.05) is 24.3 Å². The van der Waals surface area contributed by atoms with Crippen molar-refractivity contribution in [2.24, 2.45) is 0 Å². The van der Waals surface area contributed by atoms with E-state index in [-0.39, 0.29) is 5.56 Å². The molecule has 0 saturated carbocycles. The van der Waals surface area contributed by atoms with Crippen LogP contribution in [0.25, 0.3) is 0 Å². The van der Waals surface area contributed by atoms with Crippen LogP contribution in [0.3, 0.4) is 0 Å². The number of methoxy groups -OCH3 is 1. The number of rotatable bonds is 4. The monoisotopic (exact) mass is 258 g/mol. The topological polar surface area (TPSA) is 62.7 Å². The van der Waals surface area contributed by atoms with Crippen LogP contribution in [0.2, 0.25) is 0 Å². The third kappa shape index (κ3) is 2.65. The number of carboxylic acid groups (broad SMARTS) is 1. The first kappa shape index (κ1) is 12.9. The second kappa shape index (κ2) is 5.39. The van der Waals surface area contributed by atoms with Crippen molar-refractivity contribution in [2.75, 3.05) is 19.1 Å². The van der Waals surface area contributed by atoms with Crippen molar-refractivity contribution in [3.05, 3.63) is 48.2 Å². The maximum Gasteiger partial charge on any atom is 0.339 e. The van der Waals surface area contributed by atoms with Crippen molar-refractivity contribution in [1.29, 1.82) is 0 Å². The fourth-order valence-electron chi connectivity index (χ4n) is 1.77. The van der Waals surface area contributed by atoms with Gasteiger partial charge in [0.2, 0.25) is 0 Å². The van der Waals surface area contributed by atoms with Gasteiger partial charge in [-0.05, 0) is 24.3 Å². The lowest BCUT2D eigenvalue weighted by Crippen LogP contribution is -2.15. The largest absolute Gasteiger partial charge is 0.497 e. The van der Waals surface area contributed by atoms with Gasteiger partial charge < -0.3 is 14.7 Å². The number of pyridine rings is 1. The van der Waals surface area contributed by atoms with Crippen LogP contribution in [-0.4, -0.2) is 30.2 Å². The second-order valence-electron chi connectivity index (χ2n) is 3.94. The van der Waals surface area contributed by atoms with E-state index in [9.17, 15) is 9.90 Å². The highest BCUT2D eigenvalue weighted by atomic mass is 16.5. The molecule has 19 heavy (non-hydrogen) atoms. The molecule has 0 fully saturated rings. The molecule has 0 bridgehead atoms. The summed E-state index contributed by atoms with van der Waals surface area (Å²) in [5, 5.41) is 9.17. The van der Waals surface area contributed by atoms with Gasteiger partial charge in [0, 0.05) is 25.0 Å². The Balaban J connectivity index is 2.43. The number of hydrogen-bond acceptors (Lipinski definition) is 4. The van der Waals surface area contributed by atoms with E-state index in [2.05, 4.69) is 4.98 Å². The maximum absolute atomic E-state index is 11.2. The van der Waals surface area contributed by atoms with E-state index >= 15 is 0 Å². The third-order valence-electron chi connectivity index (χ3n) is 2.78. The second-order valence-corrected chi connectivity index (χ2v) is 3.94. The summed E-state index contributed by atoms with van der Waals surface area (Å²) in [6, 6.07) is 10.5. The lowest BCUT2D eigenvalue weighted by Gasteiger charge is -2.20. The Kier molecular flexibility index (Phi) is 3.66. The summed E-state index contributed by atoms with van der Waals surface area (Å²) in [6.45, 7) is 0. The number of aromatic nitrogens is 1.